The average Bonchev–Trinajstić information content (AvgIpc) is 3.03. The van der Waals surface area contributed by atoms with E-state index in [4.69, 9.17) is 16.6 Å². The Kier molecular flexibility index (Phi) is 8.06. The van der Waals surface area contributed by atoms with Crippen molar-refractivity contribution in [3.8, 4) is 0 Å². The van der Waals surface area contributed by atoms with Crippen LogP contribution in [0.5, 0.6) is 0 Å². The maximum atomic E-state index is 13.1. The molecule has 0 spiro atoms. The van der Waals surface area contributed by atoms with Crippen molar-refractivity contribution in [1.82, 2.24) is 19.7 Å². The highest BCUT2D eigenvalue weighted by molar-refractivity contribution is 9.10. The summed E-state index contributed by atoms with van der Waals surface area (Å²) < 4.78 is 1.97. The van der Waals surface area contributed by atoms with Gasteiger partial charge in [-0.1, -0.05) is 17.7 Å². The van der Waals surface area contributed by atoms with Gasteiger partial charge in [-0.25, -0.2) is 0 Å². The van der Waals surface area contributed by atoms with E-state index in [-0.39, 0.29) is 17.9 Å². The molecule has 0 N–H and O–H groups in total. The number of pyridine rings is 1. The molecule has 0 bridgehead atoms. The summed E-state index contributed by atoms with van der Waals surface area (Å²) in [5.74, 6) is 0.749. The molecule has 1 aromatic carbocycles. The van der Waals surface area contributed by atoms with Crippen LogP contribution in [0.1, 0.15) is 54.6 Å². The number of halogens is 3. The zero-order valence-corrected chi connectivity index (χ0v) is 24.4. The van der Waals surface area contributed by atoms with Gasteiger partial charge in [-0.2, -0.15) is 0 Å². The van der Waals surface area contributed by atoms with E-state index in [1.807, 2.05) is 22.1 Å². The number of hydrogen-bond donors (Lipinski definition) is 0. The van der Waals surface area contributed by atoms with Gasteiger partial charge in [-0.15, -0.1) is 0 Å². The predicted octanol–water partition coefficient (Wildman–Crippen LogP) is 5.24. The molecule has 6 nitrogen and oxygen atoms in total. The molecule has 36 heavy (non-hydrogen) atoms. The highest BCUT2D eigenvalue weighted by Crippen LogP contribution is 2.41. The van der Waals surface area contributed by atoms with E-state index in [1.54, 1.807) is 6.92 Å². The summed E-state index contributed by atoms with van der Waals surface area (Å²) in [7, 11) is 0. The second-order valence-corrected chi connectivity index (χ2v) is 12.2. The van der Waals surface area contributed by atoms with E-state index in [1.165, 1.54) is 16.7 Å². The van der Waals surface area contributed by atoms with Crippen LogP contribution in [0.4, 0.5) is 0 Å². The molecule has 0 radical (unpaired) electrons. The lowest BCUT2D eigenvalue weighted by Gasteiger charge is -2.40. The van der Waals surface area contributed by atoms with Crippen molar-refractivity contribution < 1.29 is 9.59 Å². The number of likely N-dealkylation sites (tertiary alicyclic amines) is 1. The first-order valence-electron chi connectivity index (χ1n) is 12.7. The fraction of sp³-hybridized carbons (Fsp3) is 0.519. The van der Waals surface area contributed by atoms with Crippen LogP contribution in [0.15, 0.2) is 33.3 Å². The number of aromatic nitrogens is 1. The minimum atomic E-state index is 0.0346. The van der Waals surface area contributed by atoms with Gasteiger partial charge in [-0.05, 0) is 92.3 Å². The number of carbonyl (C=O) groups excluding carboxylic acids is 2. The lowest BCUT2D eigenvalue weighted by atomic mass is 9.92. The normalized spacial score (nSPS) is 21.1. The zero-order valence-electron chi connectivity index (χ0n) is 20.5. The largest absolute Gasteiger partial charge is 0.343 e. The molecule has 192 valence electrons. The Morgan fingerprint density at radius 3 is 2.44 bits per heavy atom. The number of rotatable bonds is 3. The molecule has 2 aliphatic heterocycles. The second kappa shape index (κ2) is 11.1. The maximum absolute atomic E-state index is 13.1. The molecular formula is C27H31Br2ClN4O2. The van der Waals surface area contributed by atoms with Crippen molar-refractivity contribution in [2.75, 3.05) is 39.3 Å². The summed E-state index contributed by atoms with van der Waals surface area (Å²) in [5, 5.41) is 0.733. The molecule has 2 amide bonds. The number of amides is 2. The zero-order chi connectivity index (χ0) is 25.4. The van der Waals surface area contributed by atoms with Crippen LogP contribution in [-0.2, 0) is 22.4 Å². The quantitative estimate of drug-likeness (QED) is 0.462. The lowest BCUT2D eigenvalue weighted by molar-refractivity contribution is -0.135. The Balaban J connectivity index is 1.30. The van der Waals surface area contributed by atoms with Crippen LogP contribution in [0.25, 0.3) is 0 Å². The summed E-state index contributed by atoms with van der Waals surface area (Å²) in [6, 6.07) is 6.34. The number of hydrogen-bond acceptors (Lipinski definition) is 4. The highest BCUT2D eigenvalue weighted by atomic mass is 79.9. The SMILES string of the molecule is CC(=O)N1CCC(CC(=O)N2CCN([C@H]3c4ccc(Cl)c(Br)c4CCc4cc(Br)cnc43)CC2)CC1. The first-order chi connectivity index (χ1) is 17.3. The highest BCUT2D eigenvalue weighted by Gasteiger charge is 2.34. The van der Waals surface area contributed by atoms with Gasteiger partial charge in [0.15, 0.2) is 0 Å². The smallest absolute Gasteiger partial charge is 0.222 e. The monoisotopic (exact) mass is 636 g/mol. The Morgan fingerprint density at radius 1 is 1.03 bits per heavy atom. The molecule has 1 atom stereocenters. The van der Waals surface area contributed by atoms with Crippen molar-refractivity contribution >= 4 is 55.3 Å². The Morgan fingerprint density at radius 2 is 1.75 bits per heavy atom. The third-order valence-corrected chi connectivity index (χ3v) is 9.84. The number of fused-ring (bicyclic) bond motifs is 2. The molecular weight excluding hydrogens is 608 g/mol. The van der Waals surface area contributed by atoms with Gasteiger partial charge in [0.25, 0.3) is 0 Å². The molecule has 3 aliphatic rings. The lowest BCUT2D eigenvalue weighted by Crippen LogP contribution is -2.50. The van der Waals surface area contributed by atoms with E-state index >= 15 is 0 Å². The van der Waals surface area contributed by atoms with Crippen molar-refractivity contribution in [1.29, 1.82) is 0 Å². The number of aryl methyl sites for hydroxylation is 1. The Hall–Kier alpha value is -1.48. The molecule has 0 saturated carbocycles. The van der Waals surface area contributed by atoms with Gasteiger partial charge in [-0.3, -0.25) is 19.5 Å². The Labute approximate surface area is 234 Å². The molecule has 0 unspecified atom stereocenters. The molecule has 2 aromatic rings. The number of piperidine rings is 1. The molecule has 1 aliphatic carbocycles. The van der Waals surface area contributed by atoms with E-state index < -0.39 is 0 Å². The van der Waals surface area contributed by atoms with Crippen molar-refractivity contribution in [2.24, 2.45) is 5.92 Å². The number of nitrogens with zero attached hydrogens (tertiary/aromatic N) is 4. The third-order valence-electron chi connectivity index (χ3n) is 7.95. The molecule has 5 rings (SSSR count). The van der Waals surface area contributed by atoms with Gasteiger partial charge in [0, 0.05) is 67.8 Å². The second-order valence-electron chi connectivity index (χ2n) is 10.1. The number of piperazine rings is 1. The van der Waals surface area contributed by atoms with Crippen LogP contribution < -0.4 is 0 Å². The van der Waals surface area contributed by atoms with Crippen molar-refractivity contribution in [3.63, 3.8) is 0 Å². The van der Waals surface area contributed by atoms with Crippen LogP contribution in [0.3, 0.4) is 0 Å². The fourth-order valence-electron chi connectivity index (χ4n) is 5.89. The van der Waals surface area contributed by atoms with Gasteiger partial charge in [0.2, 0.25) is 11.8 Å². The van der Waals surface area contributed by atoms with E-state index in [0.29, 0.717) is 12.3 Å². The van der Waals surface area contributed by atoms with Gasteiger partial charge in [0.1, 0.15) is 0 Å². The van der Waals surface area contributed by atoms with Gasteiger partial charge >= 0.3 is 0 Å². The Bertz CT molecular complexity index is 1160. The summed E-state index contributed by atoms with van der Waals surface area (Å²) in [6.07, 6.45) is 6.12. The number of carbonyl (C=O) groups is 2. The van der Waals surface area contributed by atoms with Crippen molar-refractivity contribution in [2.45, 2.75) is 45.1 Å². The third kappa shape index (κ3) is 5.38. The molecule has 9 heteroatoms. The summed E-state index contributed by atoms with van der Waals surface area (Å²) in [6.45, 7) is 6.20. The first kappa shape index (κ1) is 26.1. The minimum absolute atomic E-state index is 0.0346. The van der Waals surface area contributed by atoms with Gasteiger partial charge in [0.05, 0.1) is 16.8 Å². The summed E-state index contributed by atoms with van der Waals surface area (Å²) in [4.78, 5) is 36.0. The number of benzene rings is 1. The van der Waals surface area contributed by atoms with Gasteiger partial charge < -0.3 is 9.80 Å². The molecule has 2 saturated heterocycles. The topological polar surface area (TPSA) is 56.8 Å². The average molecular weight is 639 g/mol. The van der Waals surface area contributed by atoms with E-state index in [9.17, 15) is 9.59 Å². The standard InChI is InChI=1S/C27H31Br2ClN4O2/c1-17(35)32-8-6-18(7-9-32)14-24(36)33-10-12-34(13-11-33)27-22-4-5-23(30)25(29)21(22)3-2-19-15-20(28)16-31-26(19)27/h4-5,15-16,18,27H,2-3,6-14H2,1H3/t27-/m0/s1. The summed E-state index contributed by atoms with van der Waals surface area (Å²) in [5.41, 5.74) is 4.85. The van der Waals surface area contributed by atoms with E-state index in [0.717, 1.165) is 84.6 Å². The minimum Gasteiger partial charge on any atom is -0.343 e. The van der Waals surface area contributed by atoms with Crippen LogP contribution in [0.2, 0.25) is 5.02 Å². The first-order valence-corrected chi connectivity index (χ1v) is 14.7. The fourth-order valence-corrected chi connectivity index (χ4v) is 7.01. The van der Waals surface area contributed by atoms with Crippen molar-refractivity contribution in [3.05, 3.63) is 60.7 Å². The molecule has 3 heterocycles. The molecule has 2 fully saturated rings. The molecule has 1 aromatic heterocycles. The van der Waals surface area contributed by atoms with Crippen LogP contribution in [-0.4, -0.2) is 70.8 Å². The van der Waals surface area contributed by atoms with E-state index in [2.05, 4.69) is 48.9 Å². The maximum Gasteiger partial charge on any atom is 0.222 e. The predicted molar refractivity (Wildman–Crippen MR) is 148 cm³/mol. The van der Waals surface area contributed by atoms with Crippen LogP contribution in [0, 0.1) is 5.92 Å². The van der Waals surface area contributed by atoms with Crippen LogP contribution >= 0.6 is 43.5 Å². The summed E-state index contributed by atoms with van der Waals surface area (Å²) >= 11 is 13.8.